The van der Waals surface area contributed by atoms with Crippen molar-refractivity contribution >= 4 is 18.4 Å². The number of halogens is 1. The molecule has 0 atom stereocenters. The van der Waals surface area contributed by atoms with Gasteiger partial charge in [0.2, 0.25) is 5.82 Å². The quantitative estimate of drug-likeness (QED) is 0.352. The Kier molecular flexibility index (Phi) is 7.76. The molecule has 0 radical (unpaired) electrons. The molecule has 0 unspecified atom stereocenters. The van der Waals surface area contributed by atoms with E-state index in [-0.39, 0.29) is 18.8 Å². The van der Waals surface area contributed by atoms with Crippen molar-refractivity contribution in [3.63, 3.8) is 0 Å². The Morgan fingerprint density at radius 2 is 1.69 bits per heavy atom. The Morgan fingerprint density at radius 3 is 2.38 bits per heavy atom. The first-order chi connectivity index (χ1) is 15.1. The van der Waals surface area contributed by atoms with Gasteiger partial charge >= 0.3 is 5.97 Å². The molecule has 0 aliphatic rings. The van der Waals surface area contributed by atoms with E-state index in [1.54, 1.807) is 0 Å². The molecule has 0 fully saturated rings. The zero-order valence-electron chi connectivity index (χ0n) is 17.6. The van der Waals surface area contributed by atoms with Crippen LogP contribution in [0, 0.1) is 6.92 Å². The number of aryl methyl sites for hydroxylation is 1. The average Bonchev–Trinajstić information content (AvgIpc) is 3.28. The van der Waals surface area contributed by atoms with Crippen molar-refractivity contribution in [2.24, 2.45) is 0 Å². The lowest BCUT2D eigenvalue weighted by molar-refractivity contribution is -0.136. The predicted octanol–water partition coefficient (Wildman–Crippen LogP) is 5.37. The van der Waals surface area contributed by atoms with Gasteiger partial charge in [0.05, 0.1) is 6.42 Å². The molecular formula is C25H24ClN3O3. The molecule has 0 aliphatic heterocycles. The molecule has 0 spiro atoms. The molecule has 0 aliphatic carbocycles. The summed E-state index contributed by atoms with van der Waals surface area (Å²) in [5.41, 5.74) is 6.30. The van der Waals surface area contributed by atoms with Gasteiger partial charge in [-0.3, -0.25) is 4.79 Å². The van der Waals surface area contributed by atoms with Crippen LogP contribution in [0.25, 0.3) is 34.0 Å². The SMILES string of the molecule is Cc1cc(-c2nc(-c3ccc(CNCCC(=O)O)cc3)no2)ccc1-c1ccccc1.Cl. The minimum atomic E-state index is -0.805. The smallest absolute Gasteiger partial charge is 0.304 e. The zero-order valence-corrected chi connectivity index (χ0v) is 18.4. The van der Waals surface area contributed by atoms with E-state index in [1.807, 2.05) is 48.5 Å². The first-order valence-electron chi connectivity index (χ1n) is 10.1. The van der Waals surface area contributed by atoms with Gasteiger partial charge in [0, 0.05) is 24.2 Å². The van der Waals surface area contributed by atoms with E-state index in [2.05, 4.69) is 46.6 Å². The number of rotatable bonds is 8. The second kappa shape index (κ2) is 10.7. The molecule has 4 aromatic rings. The normalized spacial score (nSPS) is 10.5. The van der Waals surface area contributed by atoms with Crippen LogP contribution >= 0.6 is 12.4 Å². The minimum Gasteiger partial charge on any atom is -0.481 e. The molecule has 4 rings (SSSR count). The van der Waals surface area contributed by atoms with E-state index in [0.717, 1.165) is 22.3 Å². The lowest BCUT2D eigenvalue weighted by atomic mass is 9.98. The van der Waals surface area contributed by atoms with Crippen molar-refractivity contribution < 1.29 is 14.4 Å². The summed E-state index contributed by atoms with van der Waals surface area (Å²) in [6, 6.07) is 24.2. The van der Waals surface area contributed by atoms with Crippen LogP contribution in [0.15, 0.2) is 77.3 Å². The van der Waals surface area contributed by atoms with Gasteiger partial charge in [-0.15, -0.1) is 12.4 Å². The second-order valence-corrected chi connectivity index (χ2v) is 7.34. The van der Waals surface area contributed by atoms with Gasteiger partial charge in [-0.1, -0.05) is 65.8 Å². The highest BCUT2D eigenvalue weighted by atomic mass is 35.5. The van der Waals surface area contributed by atoms with Crippen LogP contribution in [0.5, 0.6) is 0 Å². The van der Waals surface area contributed by atoms with E-state index < -0.39 is 5.97 Å². The summed E-state index contributed by atoms with van der Waals surface area (Å²) >= 11 is 0. The molecule has 1 aromatic heterocycles. The van der Waals surface area contributed by atoms with Crippen molar-refractivity contribution in [2.75, 3.05) is 6.54 Å². The first-order valence-corrected chi connectivity index (χ1v) is 10.1. The number of carboxylic acids is 1. The summed E-state index contributed by atoms with van der Waals surface area (Å²) < 4.78 is 5.51. The molecule has 164 valence electrons. The molecule has 1 heterocycles. The van der Waals surface area contributed by atoms with Gasteiger partial charge < -0.3 is 14.9 Å². The Morgan fingerprint density at radius 1 is 0.969 bits per heavy atom. The summed E-state index contributed by atoms with van der Waals surface area (Å²) in [5, 5.41) is 15.9. The van der Waals surface area contributed by atoms with Crippen LogP contribution in [0.3, 0.4) is 0 Å². The highest BCUT2D eigenvalue weighted by Crippen LogP contribution is 2.29. The van der Waals surface area contributed by atoms with Gasteiger partial charge in [0.1, 0.15) is 0 Å². The van der Waals surface area contributed by atoms with Crippen molar-refractivity contribution in [2.45, 2.75) is 19.9 Å². The van der Waals surface area contributed by atoms with Gasteiger partial charge in [0.25, 0.3) is 5.89 Å². The molecule has 7 heteroatoms. The molecular weight excluding hydrogens is 426 g/mol. The summed E-state index contributed by atoms with van der Waals surface area (Å²) in [6.07, 6.45) is 0.107. The minimum absolute atomic E-state index is 0. The number of aliphatic carboxylic acids is 1. The molecule has 0 bridgehead atoms. The van der Waals surface area contributed by atoms with Gasteiger partial charge in [-0.25, -0.2) is 0 Å². The van der Waals surface area contributed by atoms with Crippen molar-refractivity contribution in [1.29, 1.82) is 0 Å². The fourth-order valence-corrected chi connectivity index (χ4v) is 3.40. The van der Waals surface area contributed by atoms with Gasteiger partial charge in [-0.2, -0.15) is 4.98 Å². The largest absolute Gasteiger partial charge is 0.481 e. The standard InChI is InChI=1S/C25H23N3O3.ClH/c1-17-15-21(11-12-22(17)19-5-3-2-4-6-19)25-27-24(28-31-25)20-9-7-18(8-10-20)16-26-14-13-23(29)30;/h2-12,15,26H,13-14,16H2,1H3,(H,29,30);1H. The van der Waals surface area contributed by atoms with Crippen molar-refractivity contribution in [3.8, 4) is 34.0 Å². The third-order valence-electron chi connectivity index (χ3n) is 5.04. The second-order valence-electron chi connectivity index (χ2n) is 7.34. The maximum atomic E-state index is 10.6. The van der Waals surface area contributed by atoms with E-state index in [0.29, 0.717) is 24.8 Å². The Hall–Kier alpha value is -3.48. The number of hydrogen-bond acceptors (Lipinski definition) is 5. The Bertz CT molecular complexity index is 1170. The van der Waals surface area contributed by atoms with Crippen molar-refractivity contribution in [3.05, 3.63) is 83.9 Å². The molecule has 3 aromatic carbocycles. The maximum absolute atomic E-state index is 10.6. The molecule has 0 amide bonds. The van der Waals surface area contributed by atoms with E-state index in [4.69, 9.17) is 9.63 Å². The number of hydrogen-bond donors (Lipinski definition) is 2. The summed E-state index contributed by atoms with van der Waals surface area (Å²) in [4.78, 5) is 15.1. The average molecular weight is 450 g/mol. The molecule has 0 saturated heterocycles. The van der Waals surface area contributed by atoms with Crippen LogP contribution in [-0.2, 0) is 11.3 Å². The molecule has 32 heavy (non-hydrogen) atoms. The van der Waals surface area contributed by atoms with Crippen LogP contribution in [0.4, 0.5) is 0 Å². The van der Waals surface area contributed by atoms with E-state index in [1.165, 1.54) is 11.1 Å². The summed E-state index contributed by atoms with van der Waals surface area (Å²) in [7, 11) is 0. The highest BCUT2D eigenvalue weighted by Gasteiger charge is 2.12. The number of nitrogens with zero attached hydrogens (tertiary/aromatic N) is 2. The third kappa shape index (κ3) is 5.60. The summed E-state index contributed by atoms with van der Waals surface area (Å²) in [6.45, 7) is 3.12. The van der Waals surface area contributed by atoms with Crippen LogP contribution in [0.2, 0.25) is 0 Å². The number of nitrogens with one attached hydrogen (secondary N) is 1. The lowest BCUT2D eigenvalue weighted by Gasteiger charge is -2.07. The maximum Gasteiger partial charge on any atom is 0.304 e. The molecule has 2 N–H and O–H groups in total. The summed E-state index contributed by atoms with van der Waals surface area (Å²) in [5.74, 6) is 0.211. The predicted molar refractivity (Wildman–Crippen MR) is 127 cm³/mol. The van der Waals surface area contributed by atoms with Gasteiger partial charge in [-0.05, 0) is 41.3 Å². The Balaban J connectivity index is 0.00000289. The number of carboxylic acid groups (broad SMARTS) is 1. The molecule has 0 saturated carbocycles. The van der Waals surface area contributed by atoms with Crippen LogP contribution < -0.4 is 5.32 Å². The fourth-order valence-electron chi connectivity index (χ4n) is 3.40. The van der Waals surface area contributed by atoms with Crippen molar-refractivity contribution in [1.82, 2.24) is 15.5 Å². The fraction of sp³-hybridized carbons (Fsp3) is 0.160. The van der Waals surface area contributed by atoms with Gasteiger partial charge in [0.15, 0.2) is 0 Å². The van der Waals surface area contributed by atoms with E-state index in [9.17, 15) is 4.79 Å². The van der Waals surface area contributed by atoms with Crippen LogP contribution in [-0.4, -0.2) is 27.8 Å². The topological polar surface area (TPSA) is 88.2 Å². The Labute approximate surface area is 192 Å². The first kappa shape index (κ1) is 23.2. The monoisotopic (exact) mass is 449 g/mol. The molecule has 6 nitrogen and oxygen atoms in total. The highest BCUT2D eigenvalue weighted by molar-refractivity contribution is 5.85. The lowest BCUT2D eigenvalue weighted by Crippen LogP contribution is -2.17. The van der Waals surface area contributed by atoms with E-state index >= 15 is 0 Å². The third-order valence-corrected chi connectivity index (χ3v) is 5.04. The number of aromatic nitrogens is 2. The zero-order chi connectivity index (χ0) is 21.6. The number of benzene rings is 3. The number of carbonyl (C=O) groups is 1. The van der Waals surface area contributed by atoms with Crippen LogP contribution in [0.1, 0.15) is 17.5 Å².